The molecule has 48 heavy (non-hydrogen) atoms. The summed E-state index contributed by atoms with van der Waals surface area (Å²) in [6.45, 7) is 11.6. The Morgan fingerprint density at radius 2 is 0.792 bits per heavy atom. The van der Waals surface area contributed by atoms with Gasteiger partial charge >= 0.3 is 5.97 Å². The van der Waals surface area contributed by atoms with Gasteiger partial charge in [-0.15, -0.1) is 0 Å². The molecule has 0 saturated heterocycles. The van der Waals surface area contributed by atoms with Crippen molar-refractivity contribution in [2.75, 3.05) is 0 Å². The van der Waals surface area contributed by atoms with Crippen LogP contribution in [0.1, 0.15) is 221 Å². The molecule has 0 aliphatic rings. The molecule has 0 aromatic rings. The fourth-order valence-corrected chi connectivity index (χ4v) is 6.00. The molecule has 0 heterocycles. The number of carbonyl (C=O) groups excluding carboxylic acids is 3. The van der Waals surface area contributed by atoms with Crippen molar-refractivity contribution in [1.82, 2.24) is 4.90 Å². The standard InChI is InChI=1S/C43H79NO4/c1-7-9-11-13-15-17-19-21-23-25-27-29-31-33-35-37-40(45)44(39(3)42(47)48-43(4,5)6)41(46)38-36-34-32-30-28-26-24-22-20-18-16-14-12-10-8-2/h21-24,39H,7-20,25-38H2,1-6H3/b23-21-,24-22-. The summed E-state index contributed by atoms with van der Waals surface area (Å²) >= 11 is 0. The maximum absolute atomic E-state index is 13.3. The highest BCUT2D eigenvalue weighted by atomic mass is 16.6. The van der Waals surface area contributed by atoms with E-state index in [0.29, 0.717) is 12.8 Å². The first kappa shape index (κ1) is 46.1. The molecule has 0 aromatic heterocycles. The molecule has 1 atom stereocenters. The van der Waals surface area contributed by atoms with E-state index in [1.807, 2.05) is 20.8 Å². The van der Waals surface area contributed by atoms with Crippen LogP contribution in [0, 0.1) is 0 Å². The number of rotatable bonds is 32. The van der Waals surface area contributed by atoms with Crippen LogP contribution in [0.15, 0.2) is 24.3 Å². The molecular weight excluding hydrogens is 594 g/mol. The fourth-order valence-electron chi connectivity index (χ4n) is 6.00. The zero-order valence-electron chi connectivity index (χ0n) is 32.8. The van der Waals surface area contributed by atoms with E-state index in [2.05, 4.69) is 38.2 Å². The minimum atomic E-state index is -0.907. The van der Waals surface area contributed by atoms with Gasteiger partial charge in [-0.1, -0.05) is 141 Å². The number of carbonyl (C=O) groups is 3. The minimum absolute atomic E-state index is 0.247. The lowest BCUT2D eigenvalue weighted by molar-refractivity contribution is -0.168. The Balaban J connectivity index is 4.37. The first-order valence-corrected chi connectivity index (χ1v) is 20.5. The zero-order valence-corrected chi connectivity index (χ0v) is 32.8. The van der Waals surface area contributed by atoms with Crippen LogP contribution < -0.4 is 0 Å². The van der Waals surface area contributed by atoms with E-state index in [1.54, 1.807) is 6.92 Å². The molecule has 280 valence electrons. The van der Waals surface area contributed by atoms with Gasteiger partial charge in [0, 0.05) is 12.8 Å². The van der Waals surface area contributed by atoms with Crippen molar-refractivity contribution in [3.8, 4) is 0 Å². The number of amides is 2. The number of hydrogen-bond acceptors (Lipinski definition) is 4. The number of nitrogens with zero attached hydrogens (tertiary/aromatic N) is 1. The van der Waals surface area contributed by atoms with Crippen LogP contribution >= 0.6 is 0 Å². The molecule has 0 aliphatic heterocycles. The Morgan fingerprint density at radius 1 is 0.500 bits per heavy atom. The number of unbranched alkanes of at least 4 members (excludes halogenated alkanes) is 22. The van der Waals surface area contributed by atoms with Crippen LogP contribution in [0.3, 0.4) is 0 Å². The van der Waals surface area contributed by atoms with Crippen LogP contribution in [-0.4, -0.2) is 34.3 Å². The highest BCUT2D eigenvalue weighted by Crippen LogP contribution is 2.18. The van der Waals surface area contributed by atoms with Gasteiger partial charge in [-0.25, -0.2) is 4.79 Å². The third-order valence-electron chi connectivity index (χ3n) is 8.98. The molecule has 0 N–H and O–H groups in total. The fraction of sp³-hybridized carbons (Fsp3) is 0.837. The second-order valence-corrected chi connectivity index (χ2v) is 15.0. The van der Waals surface area contributed by atoms with E-state index in [4.69, 9.17) is 4.74 Å². The van der Waals surface area contributed by atoms with Gasteiger partial charge in [0.15, 0.2) is 0 Å². The molecular formula is C43H79NO4. The van der Waals surface area contributed by atoms with Crippen molar-refractivity contribution < 1.29 is 19.1 Å². The summed E-state index contributed by atoms with van der Waals surface area (Å²) in [6.07, 6.45) is 40.9. The molecule has 0 aromatic carbocycles. The largest absolute Gasteiger partial charge is 0.458 e. The summed E-state index contributed by atoms with van der Waals surface area (Å²) in [6, 6.07) is -0.907. The first-order valence-electron chi connectivity index (χ1n) is 20.5. The summed E-state index contributed by atoms with van der Waals surface area (Å²) < 4.78 is 5.55. The van der Waals surface area contributed by atoms with Gasteiger partial charge < -0.3 is 4.74 Å². The van der Waals surface area contributed by atoms with E-state index < -0.39 is 17.6 Å². The minimum Gasteiger partial charge on any atom is -0.458 e. The lowest BCUT2D eigenvalue weighted by Gasteiger charge is -2.29. The number of hydrogen-bond donors (Lipinski definition) is 0. The molecule has 0 bridgehead atoms. The van der Waals surface area contributed by atoms with Crippen molar-refractivity contribution in [3.05, 3.63) is 24.3 Å². The predicted octanol–water partition coefficient (Wildman–Crippen LogP) is 13.1. The Bertz CT molecular complexity index is 788. The van der Waals surface area contributed by atoms with Gasteiger partial charge in [-0.05, 0) is 91.9 Å². The average Bonchev–Trinajstić information content (AvgIpc) is 3.04. The van der Waals surface area contributed by atoms with E-state index >= 15 is 0 Å². The quantitative estimate of drug-likeness (QED) is 0.0405. The summed E-state index contributed by atoms with van der Waals surface area (Å²) in [5, 5.41) is 0. The second kappa shape index (κ2) is 32.3. The summed E-state index contributed by atoms with van der Waals surface area (Å²) in [5.41, 5.74) is -0.671. The summed E-state index contributed by atoms with van der Waals surface area (Å²) in [5.74, 6) is -1.01. The van der Waals surface area contributed by atoms with Crippen molar-refractivity contribution in [2.24, 2.45) is 0 Å². The molecule has 0 saturated carbocycles. The lowest BCUT2D eigenvalue weighted by atomic mass is 10.1. The van der Waals surface area contributed by atoms with E-state index in [0.717, 1.165) is 64.2 Å². The maximum Gasteiger partial charge on any atom is 0.329 e. The number of ether oxygens (including phenoxy) is 1. The third-order valence-corrected chi connectivity index (χ3v) is 8.98. The number of esters is 1. The van der Waals surface area contributed by atoms with Gasteiger partial charge in [-0.2, -0.15) is 0 Å². The summed E-state index contributed by atoms with van der Waals surface area (Å²) in [7, 11) is 0. The molecule has 5 heteroatoms. The van der Waals surface area contributed by atoms with E-state index in [9.17, 15) is 14.4 Å². The molecule has 2 amide bonds. The monoisotopic (exact) mass is 674 g/mol. The van der Waals surface area contributed by atoms with Gasteiger partial charge in [0.05, 0.1) is 0 Å². The molecule has 0 aliphatic carbocycles. The van der Waals surface area contributed by atoms with E-state index in [1.165, 1.54) is 108 Å². The SMILES string of the molecule is CCCCCCCC/C=C\CCCCCCCC(=O)N(C(=O)CCCCCCC/C=C\CCCCCCCC)C(C)C(=O)OC(C)(C)C. The number of imide groups is 1. The van der Waals surface area contributed by atoms with Crippen LogP contribution in [0.4, 0.5) is 0 Å². The molecule has 1 unspecified atom stereocenters. The normalized spacial score (nSPS) is 12.6. The van der Waals surface area contributed by atoms with Crippen molar-refractivity contribution in [2.45, 2.75) is 233 Å². The topological polar surface area (TPSA) is 63.7 Å². The Kier molecular flexibility index (Phi) is 31.0. The second-order valence-electron chi connectivity index (χ2n) is 15.0. The van der Waals surface area contributed by atoms with Gasteiger partial charge in [0.25, 0.3) is 0 Å². The average molecular weight is 674 g/mol. The summed E-state index contributed by atoms with van der Waals surface area (Å²) in [4.78, 5) is 40.6. The van der Waals surface area contributed by atoms with Gasteiger partial charge in [0.1, 0.15) is 11.6 Å². The van der Waals surface area contributed by atoms with Crippen LogP contribution in [0.5, 0.6) is 0 Å². The predicted molar refractivity (Wildman–Crippen MR) is 206 cm³/mol. The Morgan fingerprint density at radius 3 is 1.10 bits per heavy atom. The van der Waals surface area contributed by atoms with Gasteiger partial charge in [0.2, 0.25) is 11.8 Å². The van der Waals surface area contributed by atoms with Crippen LogP contribution in [-0.2, 0) is 19.1 Å². The smallest absolute Gasteiger partial charge is 0.329 e. The first-order chi connectivity index (χ1) is 23.1. The molecule has 0 radical (unpaired) electrons. The maximum atomic E-state index is 13.3. The Hall–Kier alpha value is -1.91. The van der Waals surface area contributed by atoms with Crippen molar-refractivity contribution in [3.63, 3.8) is 0 Å². The highest BCUT2D eigenvalue weighted by Gasteiger charge is 2.33. The van der Waals surface area contributed by atoms with Crippen molar-refractivity contribution in [1.29, 1.82) is 0 Å². The van der Waals surface area contributed by atoms with E-state index in [-0.39, 0.29) is 11.8 Å². The molecule has 0 fully saturated rings. The van der Waals surface area contributed by atoms with Crippen molar-refractivity contribution >= 4 is 17.8 Å². The molecule has 5 nitrogen and oxygen atoms in total. The zero-order chi connectivity index (χ0) is 35.7. The third kappa shape index (κ3) is 29.0. The lowest BCUT2D eigenvalue weighted by Crippen LogP contribution is -2.49. The molecule has 0 rings (SSSR count). The van der Waals surface area contributed by atoms with Crippen LogP contribution in [0.25, 0.3) is 0 Å². The van der Waals surface area contributed by atoms with Crippen LogP contribution in [0.2, 0.25) is 0 Å². The van der Waals surface area contributed by atoms with Gasteiger partial charge in [-0.3, -0.25) is 14.5 Å². The highest BCUT2D eigenvalue weighted by molar-refractivity contribution is 5.99. The number of allylic oxidation sites excluding steroid dienone is 4. The Labute approximate surface area is 298 Å². The molecule has 0 spiro atoms.